The van der Waals surface area contributed by atoms with E-state index in [4.69, 9.17) is 0 Å². The summed E-state index contributed by atoms with van der Waals surface area (Å²) in [7, 11) is 0. The third-order valence-electron chi connectivity index (χ3n) is 6.49. The van der Waals surface area contributed by atoms with Crippen molar-refractivity contribution >= 4 is 23.1 Å². The highest BCUT2D eigenvalue weighted by atomic mass is 32.1. The van der Waals surface area contributed by atoms with Crippen LogP contribution in [0.3, 0.4) is 0 Å². The predicted octanol–water partition coefficient (Wildman–Crippen LogP) is 6.37. The second kappa shape index (κ2) is 8.27. The molecule has 5 rings (SSSR count). The Hall–Kier alpha value is -2.59. The number of hydrogen-bond acceptors (Lipinski definition) is 2. The van der Waals surface area contributed by atoms with Crippen LogP contribution in [0.4, 0.5) is 10.5 Å². The summed E-state index contributed by atoms with van der Waals surface area (Å²) in [5.41, 5.74) is 6.43. The van der Waals surface area contributed by atoms with Gasteiger partial charge in [0.15, 0.2) is 0 Å². The first-order valence-corrected chi connectivity index (χ1v) is 11.9. The van der Waals surface area contributed by atoms with Crippen LogP contribution in [0.25, 0.3) is 0 Å². The minimum atomic E-state index is -0.000612. The van der Waals surface area contributed by atoms with Crippen LogP contribution in [0.1, 0.15) is 57.8 Å². The molecule has 0 spiro atoms. The van der Waals surface area contributed by atoms with Gasteiger partial charge < -0.3 is 10.2 Å². The SMILES string of the molecule is CCc1ccccc1NC(=O)N1CCc2c(sc3c2CCCC3)C1c1ccccc1. The van der Waals surface area contributed by atoms with Crippen LogP contribution in [0.15, 0.2) is 54.6 Å². The molecule has 0 fully saturated rings. The van der Waals surface area contributed by atoms with Crippen LogP contribution in [-0.4, -0.2) is 17.5 Å². The second-order valence-corrected chi connectivity index (χ2v) is 9.39. The molecule has 30 heavy (non-hydrogen) atoms. The summed E-state index contributed by atoms with van der Waals surface area (Å²) in [5, 5.41) is 3.22. The molecule has 0 saturated heterocycles. The number of nitrogens with zero attached hydrogens (tertiary/aromatic N) is 1. The van der Waals surface area contributed by atoms with Gasteiger partial charge in [0.25, 0.3) is 0 Å². The fourth-order valence-corrected chi connectivity index (χ4v) is 6.56. The number of rotatable bonds is 3. The monoisotopic (exact) mass is 416 g/mol. The molecule has 2 aromatic carbocycles. The number of anilines is 1. The smallest absolute Gasteiger partial charge is 0.312 e. The molecule has 0 bridgehead atoms. The summed E-state index contributed by atoms with van der Waals surface area (Å²) < 4.78 is 0. The molecule has 1 aliphatic heterocycles. The van der Waals surface area contributed by atoms with Crippen LogP contribution in [0.5, 0.6) is 0 Å². The van der Waals surface area contributed by atoms with E-state index in [9.17, 15) is 4.79 Å². The molecule has 3 aromatic rings. The number of amides is 2. The Kier molecular flexibility index (Phi) is 5.34. The molecule has 2 heterocycles. The standard InChI is InChI=1S/C26H28N2OS/c1-2-18-10-6-8-14-22(18)27-26(29)28-17-16-21-20-13-7-9-15-23(20)30-25(21)24(28)19-11-4-3-5-12-19/h3-6,8,10-12,14,24H,2,7,9,13,15-17H2,1H3,(H,27,29). The van der Waals surface area contributed by atoms with Gasteiger partial charge in [-0.15, -0.1) is 11.3 Å². The van der Waals surface area contributed by atoms with Gasteiger partial charge in [0.05, 0.1) is 6.04 Å². The first-order valence-electron chi connectivity index (χ1n) is 11.1. The number of hydrogen-bond donors (Lipinski definition) is 1. The van der Waals surface area contributed by atoms with E-state index in [1.807, 2.05) is 34.4 Å². The largest absolute Gasteiger partial charge is 0.322 e. The molecular weight excluding hydrogens is 388 g/mol. The van der Waals surface area contributed by atoms with E-state index in [2.05, 4.69) is 48.6 Å². The van der Waals surface area contributed by atoms with Crippen molar-refractivity contribution in [1.29, 1.82) is 0 Å². The Morgan fingerprint density at radius 1 is 1.00 bits per heavy atom. The van der Waals surface area contributed by atoms with E-state index < -0.39 is 0 Å². The molecular formula is C26H28N2OS. The predicted molar refractivity (Wildman–Crippen MR) is 124 cm³/mol. The lowest BCUT2D eigenvalue weighted by molar-refractivity contribution is 0.195. The highest BCUT2D eigenvalue weighted by Gasteiger charge is 2.36. The van der Waals surface area contributed by atoms with Crippen LogP contribution >= 0.6 is 11.3 Å². The number of carbonyl (C=O) groups excluding carboxylic acids is 1. The zero-order valence-corrected chi connectivity index (χ0v) is 18.3. The normalized spacial score (nSPS) is 17.9. The number of thiophene rings is 1. The van der Waals surface area contributed by atoms with Crippen molar-refractivity contribution in [3.05, 3.63) is 86.6 Å². The van der Waals surface area contributed by atoms with E-state index in [0.29, 0.717) is 0 Å². The highest BCUT2D eigenvalue weighted by molar-refractivity contribution is 7.12. The summed E-state index contributed by atoms with van der Waals surface area (Å²) in [6.07, 6.45) is 6.86. The highest BCUT2D eigenvalue weighted by Crippen LogP contribution is 2.45. The van der Waals surface area contributed by atoms with E-state index >= 15 is 0 Å². The number of aryl methyl sites for hydroxylation is 2. The molecule has 4 heteroatoms. The number of benzene rings is 2. The Bertz CT molecular complexity index is 1060. The van der Waals surface area contributed by atoms with E-state index in [0.717, 1.165) is 25.1 Å². The zero-order valence-electron chi connectivity index (χ0n) is 17.5. The lowest BCUT2D eigenvalue weighted by Crippen LogP contribution is -2.42. The van der Waals surface area contributed by atoms with Crippen LogP contribution in [-0.2, 0) is 25.7 Å². The second-order valence-electron chi connectivity index (χ2n) is 8.25. The molecule has 2 amide bonds. The van der Waals surface area contributed by atoms with Gasteiger partial charge in [-0.2, -0.15) is 0 Å². The van der Waals surface area contributed by atoms with Gasteiger partial charge in [0.1, 0.15) is 0 Å². The van der Waals surface area contributed by atoms with Gasteiger partial charge in [-0.3, -0.25) is 0 Å². The van der Waals surface area contributed by atoms with Gasteiger partial charge in [0, 0.05) is 22.0 Å². The number of para-hydroxylation sites is 1. The van der Waals surface area contributed by atoms with Crippen LogP contribution in [0.2, 0.25) is 0 Å². The maximum absolute atomic E-state index is 13.5. The van der Waals surface area contributed by atoms with Crippen LogP contribution in [0, 0.1) is 0 Å². The molecule has 0 radical (unpaired) electrons. The Labute approximate surface area is 182 Å². The summed E-state index contributed by atoms with van der Waals surface area (Å²) in [6, 6.07) is 18.7. The molecule has 154 valence electrons. The van der Waals surface area contributed by atoms with E-state index in [1.54, 1.807) is 10.4 Å². The molecule has 1 aliphatic carbocycles. The van der Waals surface area contributed by atoms with Crippen molar-refractivity contribution in [2.24, 2.45) is 0 Å². The molecule has 2 aliphatic rings. The van der Waals surface area contributed by atoms with Crippen molar-refractivity contribution in [2.45, 2.75) is 51.5 Å². The van der Waals surface area contributed by atoms with Crippen molar-refractivity contribution in [3.63, 3.8) is 0 Å². The quantitative estimate of drug-likeness (QED) is 0.529. The van der Waals surface area contributed by atoms with Crippen molar-refractivity contribution in [1.82, 2.24) is 4.90 Å². The van der Waals surface area contributed by atoms with Crippen LogP contribution < -0.4 is 5.32 Å². The topological polar surface area (TPSA) is 32.3 Å². The van der Waals surface area contributed by atoms with E-state index in [-0.39, 0.29) is 12.1 Å². The van der Waals surface area contributed by atoms with Gasteiger partial charge in [-0.1, -0.05) is 55.5 Å². The molecule has 1 N–H and O–H groups in total. The summed E-state index contributed by atoms with van der Waals surface area (Å²) >= 11 is 1.95. The number of carbonyl (C=O) groups is 1. The maximum Gasteiger partial charge on any atom is 0.322 e. The first kappa shape index (κ1) is 19.4. The fourth-order valence-electron chi connectivity index (χ4n) is 4.97. The third kappa shape index (κ3) is 3.43. The molecule has 1 unspecified atom stereocenters. The molecule has 1 atom stereocenters. The molecule has 1 aromatic heterocycles. The average Bonchev–Trinajstić information content (AvgIpc) is 3.18. The minimum absolute atomic E-state index is 0.000612. The average molecular weight is 417 g/mol. The summed E-state index contributed by atoms with van der Waals surface area (Å²) in [4.78, 5) is 18.5. The summed E-state index contributed by atoms with van der Waals surface area (Å²) in [6.45, 7) is 2.89. The zero-order chi connectivity index (χ0) is 20.5. The van der Waals surface area contributed by atoms with Gasteiger partial charge >= 0.3 is 6.03 Å². The Morgan fingerprint density at radius 2 is 1.77 bits per heavy atom. The van der Waals surface area contributed by atoms with E-state index in [1.165, 1.54) is 47.3 Å². The maximum atomic E-state index is 13.5. The summed E-state index contributed by atoms with van der Waals surface area (Å²) in [5.74, 6) is 0. The first-order chi connectivity index (χ1) is 14.8. The van der Waals surface area contributed by atoms with Gasteiger partial charge in [-0.25, -0.2) is 4.79 Å². The molecule has 3 nitrogen and oxygen atoms in total. The van der Waals surface area contributed by atoms with Crippen molar-refractivity contribution < 1.29 is 4.79 Å². The number of nitrogens with one attached hydrogen (secondary N) is 1. The van der Waals surface area contributed by atoms with Crippen molar-refractivity contribution in [3.8, 4) is 0 Å². The lowest BCUT2D eigenvalue weighted by atomic mass is 9.88. The lowest BCUT2D eigenvalue weighted by Gasteiger charge is -2.36. The van der Waals surface area contributed by atoms with Crippen molar-refractivity contribution in [2.75, 3.05) is 11.9 Å². The Morgan fingerprint density at radius 3 is 2.60 bits per heavy atom. The fraction of sp³-hybridized carbons (Fsp3) is 0.346. The molecule has 0 saturated carbocycles. The number of urea groups is 1. The number of fused-ring (bicyclic) bond motifs is 3. The van der Waals surface area contributed by atoms with Gasteiger partial charge in [-0.05, 0) is 66.8 Å². The van der Waals surface area contributed by atoms with Gasteiger partial charge in [0.2, 0.25) is 0 Å². The Balaban J connectivity index is 1.53. The minimum Gasteiger partial charge on any atom is -0.312 e. The third-order valence-corrected chi connectivity index (χ3v) is 7.88.